The molecule has 4 nitrogen and oxygen atoms in total. The molecule has 0 aliphatic carbocycles. The normalized spacial score (nSPS) is 15.7. The van der Waals surface area contributed by atoms with Gasteiger partial charge in [-0.25, -0.2) is 9.67 Å². The van der Waals surface area contributed by atoms with Crippen molar-refractivity contribution in [3.63, 3.8) is 0 Å². The highest BCUT2D eigenvalue weighted by molar-refractivity contribution is 9.10. The van der Waals surface area contributed by atoms with Gasteiger partial charge in [0.2, 0.25) is 0 Å². The van der Waals surface area contributed by atoms with Crippen LogP contribution in [0.3, 0.4) is 0 Å². The Hall–Kier alpha value is -1.93. The average Bonchev–Trinajstić information content (AvgIpc) is 2.83. The minimum absolute atomic E-state index is 0.212. The predicted octanol–water partition coefficient (Wildman–Crippen LogP) is 4.02. The van der Waals surface area contributed by atoms with Crippen molar-refractivity contribution in [2.75, 3.05) is 13.1 Å². The molecule has 0 bridgehead atoms. The molecule has 124 valence electrons. The van der Waals surface area contributed by atoms with Crippen LogP contribution < -0.4 is 5.32 Å². The summed E-state index contributed by atoms with van der Waals surface area (Å²) in [7, 11) is 0. The largest absolute Gasteiger partial charge is 0.416 e. The standard InChI is InChI=1S/C16H12BrF3N4/c17-11-5-13-14(9-1-3-10(4-2-9)16(18,19)20)23-24(12-7-21-8-12)15(13)22-6-11/h1-6,12,21H,7-8H2. The monoisotopic (exact) mass is 396 g/mol. The molecule has 24 heavy (non-hydrogen) atoms. The third-order valence-electron chi connectivity index (χ3n) is 4.10. The number of hydrogen-bond acceptors (Lipinski definition) is 3. The molecule has 0 radical (unpaired) electrons. The summed E-state index contributed by atoms with van der Waals surface area (Å²) in [6.07, 6.45) is -2.65. The maximum absolute atomic E-state index is 12.7. The zero-order valence-corrected chi connectivity index (χ0v) is 13.9. The third-order valence-corrected chi connectivity index (χ3v) is 4.54. The van der Waals surface area contributed by atoms with Crippen LogP contribution in [0.1, 0.15) is 11.6 Å². The van der Waals surface area contributed by atoms with Gasteiger partial charge in [0, 0.05) is 34.7 Å². The van der Waals surface area contributed by atoms with Crippen LogP contribution in [0.25, 0.3) is 22.3 Å². The molecular formula is C16H12BrF3N4. The minimum atomic E-state index is -4.35. The first-order valence-electron chi connectivity index (χ1n) is 7.35. The van der Waals surface area contributed by atoms with Crippen molar-refractivity contribution in [2.45, 2.75) is 12.2 Å². The molecule has 3 aromatic rings. The maximum atomic E-state index is 12.7. The first kappa shape index (κ1) is 15.6. The van der Waals surface area contributed by atoms with E-state index in [1.165, 1.54) is 12.1 Å². The van der Waals surface area contributed by atoms with E-state index in [1.807, 2.05) is 10.7 Å². The van der Waals surface area contributed by atoms with E-state index >= 15 is 0 Å². The first-order chi connectivity index (χ1) is 11.4. The van der Waals surface area contributed by atoms with E-state index in [2.05, 4.69) is 31.3 Å². The number of benzene rings is 1. The van der Waals surface area contributed by atoms with E-state index in [-0.39, 0.29) is 6.04 Å². The molecule has 8 heteroatoms. The van der Waals surface area contributed by atoms with E-state index in [0.29, 0.717) is 11.3 Å². The summed E-state index contributed by atoms with van der Waals surface area (Å²) >= 11 is 3.39. The zero-order valence-electron chi connectivity index (χ0n) is 12.3. The quantitative estimate of drug-likeness (QED) is 0.711. The summed E-state index contributed by atoms with van der Waals surface area (Å²) in [5.74, 6) is 0. The molecule has 1 aliphatic rings. The molecule has 4 rings (SSSR count). The lowest BCUT2D eigenvalue weighted by Gasteiger charge is -2.27. The fourth-order valence-corrected chi connectivity index (χ4v) is 3.06. The lowest BCUT2D eigenvalue weighted by Crippen LogP contribution is -2.43. The first-order valence-corrected chi connectivity index (χ1v) is 8.15. The summed E-state index contributed by atoms with van der Waals surface area (Å²) in [6, 6.07) is 7.17. The van der Waals surface area contributed by atoms with Crippen LogP contribution in [0, 0.1) is 0 Å². The Morgan fingerprint density at radius 1 is 1.17 bits per heavy atom. The number of pyridine rings is 1. The van der Waals surface area contributed by atoms with Gasteiger partial charge in [0.25, 0.3) is 0 Å². The molecule has 0 unspecified atom stereocenters. The van der Waals surface area contributed by atoms with Crippen LogP contribution in [-0.4, -0.2) is 27.9 Å². The Balaban J connectivity index is 1.85. The average molecular weight is 397 g/mol. The number of hydrogen-bond donors (Lipinski definition) is 1. The van der Waals surface area contributed by atoms with Crippen molar-refractivity contribution < 1.29 is 13.2 Å². The maximum Gasteiger partial charge on any atom is 0.416 e. The van der Waals surface area contributed by atoms with Crippen LogP contribution in [0.5, 0.6) is 0 Å². The number of aromatic nitrogens is 3. The molecule has 0 spiro atoms. The van der Waals surface area contributed by atoms with Gasteiger partial charge in [-0.1, -0.05) is 12.1 Å². The molecule has 1 saturated heterocycles. The van der Waals surface area contributed by atoms with E-state index < -0.39 is 11.7 Å². The van der Waals surface area contributed by atoms with Gasteiger partial charge in [-0.3, -0.25) is 0 Å². The van der Waals surface area contributed by atoms with Crippen molar-refractivity contribution in [3.8, 4) is 11.3 Å². The molecule has 1 aliphatic heterocycles. The van der Waals surface area contributed by atoms with Crippen LogP contribution in [-0.2, 0) is 6.18 Å². The number of nitrogens with zero attached hydrogens (tertiary/aromatic N) is 3. The van der Waals surface area contributed by atoms with E-state index in [9.17, 15) is 13.2 Å². The number of rotatable bonds is 2. The molecule has 0 saturated carbocycles. The van der Waals surface area contributed by atoms with Crippen LogP contribution in [0.4, 0.5) is 13.2 Å². The molecule has 0 atom stereocenters. The lowest BCUT2D eigenvalue weighted by molar-refractivity contribution is -0.137. The van der Waals surface area contributed by atoms with Gasteiger partial charge in [0.15, 0.2) is 5.65 Å². The summed E-state index contributed by atoms with van der Waals surface area (Å²) in [6.45, 7) is 1.61. The smallest absolute Gasteiger partial charge is 0.312 e. The predicted molar refractivity (Wildman–Crippen MR) is 87.6 cm³/mol. The van der Waals surface area contributed by atoms with Crippen molar-refractivity contribution in [1.82, 2.24) is 20.1 Å². The zero-order chi connectivity index (χ0) is 16.9. The second-order valence-corrected chi connectivity index (χ2v) is 6.62. The summed E-state index contributed by atoms with van der Waals surface area (Å²) in [4.78, 5) is 4.43. The second-order valence-electron chi connectivity index (χ2n) is 5.71. The van der Waals surface area contributed by atoms with Gasteiger partial charge in [-0.2, -0.15) is 18.3 Å². The van der Waals surface area contributed by atoms with Gasteiger partial charge in [-0.05, 0) is 34.1 Å². The molecule has 3 heterocycles. The summed E-state index contributed by atoms with van der Waals surface area (Å²) in [5, 5.41) is 8.63. The number of halogens is 4. The van der Waals surface area contributed by atoms with Crippen LogP contribution in [0.2, 0.25) is 0 Å². The highest BCUT2D eigenvalue weighted by Gasteiger charge is 2.30. The molecule has 1 aromatic carbocycles. The van der Waals surface area contributed by atoms with E-state index in [4.69, 9.17) is 0 Å². The summed E-state index contributed by atoms with van der Waals surface area (Å²) < 4.78 is 40.9. The van der Waals surface area contributed by atoms with Gasteiger partial charge in [0.1, 0.15) is 5.69 Å². The highest BCUT2D eigenvalue weighted by atomic mass is 79.9. The van der Waals surface area contributed by atoms with Crippen molar-refractivity contribution in [2.24, 2.45) is 0 Å². The number of alkyl halides is 3. The Kier molecular flexibility index (Phi) is 3.61. The van der Waals surface area contributed by atoms with Gasteiger partial charge >= 0.3 is 6.18 Å². The number of nitrogens with one attached hydrogen (secondary N) is 1. The molecule has 0 amide bonds. The molecule has 1 N–H and O–H groups in total. The van der Waals surface area contributed by atoms with E-state index in [0.717, 1.165) is 40.7 Å². The lowest BCUT2D eigenvalue weighted by atomic mass is 10.1. The van der Waals surface area contributed by atoms with Gasteiger partial charge < -0.3 is 5.32 Å². The van der Waals surface area contributed by atoms with Crippen LogP contribution >= 0.6 is 15.9 Å². The second kappa shape index (κ2) is 5.56. The minimum Gasteiger partial charge on any atom is -0.312 e. The Bertz CT molecular complexity index is 898. The topological polar surface area (TPSA) is 42.7 Å². The highest BCUT2D eigenvalue weighted by Crippen LogP contribution is 2.34. The van der Waals surface area contributed by atoms with Gasteiger partial charge in [0.05, 0.1) is 11.6 Å². The fourth-order valence-electron chi connectivity index (χ4n) is 2.73. The van der Waals surface area contributed by atoms with E-state index in [1.54, 1.807) is 6.20 Å². The van der Waals surface area contributed by atoms with Gasteiger partial charge in [-0.15, -0.1) is 0 Å². The van der Waals surface area contributed by atoms with Crippen molar-refractivity contribution >= 4 is 27.0 Å². The van der Waals surface area contributed by atoms with Crippen molar-refractivity contribution in [3.05, 3.63) is 46.6 Å². The Labute approximate surface area is 143 Å². The van der Waals surface area contributed by atoms with Crippen molar-refractivity contribution in [1.29, 1.82) is 0 Å². The summed E-state index contributed by atoms with van der Waals surface area (Å²) in [5.41, 5.74) is 1.34. The SMILES string of the molecule is FC(F)(F)c1ccc(-c2nn(C3CNC3)c3ncc(Br)cc23)cc1. The Morgan fingerprint density at radius 2 is 1.88 bits per heavy atom. The van der Waals surface area contributed by atoms with Crippen LogP contribution in [0.15, 0.2) is 41.0 Å². The molecular weight excluding hydrogens is 385 g/mol. The fraction of sp³-hybridized carbons (Fsp3) is 0.250. The molecule has 1 fully saturated rings. The third kappa shape index (κ3) is 2.59. The molecule has 2 aromatic heterocycles. The Morgan fingerprint density at radius 3 is 2.46 bits per heavy atom. The number of fused-ring (bicyclic) bond motifs is 1.